The number of carbonyl (C=O) groups excluding carboxylic acids is 1. The Morgan fingerprint density at radius 2 is 2.12 bits per heavy atom. The summed E-state index contributed by atoms with van der Waals surface area (Å²) >= 11 is 1.66. The average Bonchev–Trinajstić information content (AvgIpc) is 2.35. The predicted octanol–water partition coefficient (Wildman–Crippen LogP) is 3.98. The van der Waals surface area contributed by atoms with Crippen molar-refractivity contribution in [2.45, 2.75) is 31.3 Å². The van der Waals surface area contributed by atoms with Crippen molar-refractivity contribution >= 4 is 17.7 Å². The molecule has 0 spiro atoms. The Labute approximate surface area is 107 Å². The van der Waals surface area contributed by atoms with Crippen molar-refractivity contribution < 1.29 is 9.53 Å². The van der Waals surface area contributed by atoms with E-state index in [-0.39, 0.29) is 12.1 Å². The molecule has 3 heteroatoms. The van der Waals surface area contributed by atoms with Crippen LogP contribution in [0, 0.1) is 0 Å². The van der Waals surface area contributed by atoms with Crippen LogP contribution in [0.1, 0.15) is 31.9 Å². The largest absolute Gasteiger partial charge is 0.454 e. The van der Waals surface area contributed by atoms with Gasteiger partial charge in [-0.15, -0.1) is 11.8 Å². The third-order valence-corrected chi connectivity index (χ3v) is 3.27. The Morgan fingerprint density at radius 1 is 1.47 bits per heavy atom. The van der Waals surface area contributed by atoms with Crippen molar-refractivity contribution in [1.82, 2.24) is 0 Å². The quantitative estimate of drug-likeness (QED) is 0.449. The molecule has 0 saturated carbocycles. The number of thioether (sulfide) groups is 1. The normalized spacial score (nSPS) is 11.9. The smallest absolute Gasteiger partial charge is 0.333 e. The van der Waals surface area contributed by atoms with Crippen LogP contribution in [0.3, 0.4) is 0 Å². The molecule has 2 nitrogen and oxygen atoms in total. The van der Waals surface area contributed by atoms with Crippen molar-refractivity contribution in [2.24, 2.45) is 0 Å². The Bertz CT molecular complexity index is 412. The molecule has 17 heavy (non-hydrogen) atoms. The maximum absolute atomic E-state index is 11.6. The Balaban J connectivity index is 2.93. The summed E-state index contributed by atoms with van der Waals surface area (Å²) in [4.78, 5) is 12.7. The molecule has 0 aliphatic carbocycles. The Morgan fingerprint density at radius 3 is 2.65 bits per heavy atom. The molecule has 0 aromatic heterocycles. The number of carbonyl (C=O) groups is 1. The van der Waals surface area contributed by atoms with Gasteiger partial charge >= 0.3 is 5.97 Å². The van der Waals surface area contributed by atoms with E-state index in [2.05, 4.69) is 6.58 Å². The lowest BCUT2D eigenvalue weighted by atomic mass is 10.1. The lowest BCUT2D eigenvalue weighted by molar-refractivity contribution is -0.144. The topological polar surface area (TPSA) is 26.3 Å². The van der Waals surface area contributed by atoms with Gasteiger partial charge in [-0.3, -0.25) is 0 Å². The van der Waals surface area contributed by atoms with Gasteiger partial charge in [-0.2, -0.15) is 0 Å². The zero-order valence-electron chi connectivity index (χ0n) is 10.5. The monoisotopic (exact) mass is 250 g/mol. The molecule has 1 atom stereocenters. The predicted molar refractivity (Wildman–Crippen MR) is 72.2 cm³/mol. The summed E-state index contributed by atoms with van der Waals surface area (Å²) in [5.41, 5.74) is 1.50. The summed E-state index contributed by atoms with van der Waals surface area (Å²) in [6.45, 7) is 7.27. The molecule has 1 aromatic carbocycles. The number of rotatable bonds is 5. The van der Waals surface area contributed by atoms with Gasteiger partial charge in [0, 0.05) is 16.0 Å². The third-order valence-electron chi connectivity index (χ3n) is 2.45. The molecule has 0 saturated heterocycles. The summed E-state index contributed by atoms with van der Waals surface area (Å²) in [7, 11) is 0. The van der Waals surface area contributed by atoms with Gasteiger partial charge in [0.25, 0.3) is 0 Å². The van der Waals surface area contributed by atoms with Crippen LogP contribution in [0.2, 0.25) is 0 Å². The molecule has 0 aliphatic heterocycles. The van der Waals surface area contributed by atoms with Crippen LogP contribution in [0.25, 0.3) is 0 Å². The molecule has 0 radical (unpaired) electrons. The third kappa shape index (κ3) is 3.63. The second kappa shape index (κ2) is 6.50. The molecule has 1 unspecified atom stereocenters. The average molecular weight is 250 g/mol. The van der Waals surface area contributed by atoms with E-state index in [0.717, 1.165) is 16.9 Å². The Kier molecular flexibility index (Phi) is 5.29. The van der Waals surface area contributed by atoms with E-state index in [4.69, 9.17) is 4.74 Å². The fourth-order valence-electron chi connectivity index (χ4n) is 1.53. The molecule has 92 valence electrons. The molecule has 1 rings (SSSR count). The lowest BCUT2D eigenvalue weighted by Crippen LogP contribution is -2.11. The van der Waals surface area contributed by atoms with E-state index in [1.165, 1.54) is 0 Å². The van der Waals surface area contributed by atoms with Crippen molar-refractivity contribution in [3.8, 4) is 0 Å². The zero-order chi connectivity index (χ0) is 12.8. The molecular formula is C14H18O2S. The fraction of sp³-hybridized carbons (Fsp3) is 0.357. The summed E-state index contributed by atoms with van der Waals surface area (Å²) in [6.07, 6.45) is 2.59. The zero-order valence-corrected chi connectivity index (χ0v) is 11.3. The highest BCUT2D eigenvalue weighted by Crippen LogP contribution is 2.30. The van der Waals surface area contributed by atoms with E-state index in [0.29, 0.717) is 5.57 Å². The molecule has 0 fully saturated rings. The van der Waals surface area contributed by atoms with E-state index < -0.39 is 0 Å². The van der Waals surface area contributed by atoms with Crippen LogP contribution >= 0.6 is 11.8 Å². The maximum Gasteiger partial charge on any atom is 0.333 e. The molecule has 0 aliphatic rings. The van der Waals surface area contributed by atoms with Gasteiger partial charge in [-0.05, 0) is 25.7 Å². The fourth-order valence-corrected chi connectivity index (χ4v) is 2.18. The van der Waals surface area contributed by atoms with Crippen LogP contribution in [-0.2, 0) is 9.53 Å². The van der Waals surface area contributed by atoms with E-state index >= 15 is 0 Å². The van der Waals surface area contributed by atoms with Gasteiger partial charge in [0.05, 0.1) is 0 Å². The summed E-state index contributed by atoms with van der Waals surface area (Å²) < 4.78 is 5.44. The maximum atomic E-state index is 11.6. The number of benzene rings is 1. The molecular weight excluding hydrogens is 232 g/mol. The van der Waals surface area contributed by atoms with Crippen LogP contribution in [0.15, 0.2) is 41.3 Å². The second-order valence-electron chi connectivity index (χ2n) is 3.82. The SMILES string of the molecule is C=C(C)C(=O)OC(CC)c1ccccc1SC. The number of ether oxygens (including phenoxy) is 1. The summed E-state index contributed by atoms with van der Waals surface area (Å²) in [5.74, 6) is -0.326. The van der Waals surface area contributed by atoms with Gasteiger partial charge in [0.1, 0.15) is 6.10 Å². The van der Waals surface area contributed by atoms with E-state index in [9.17, 15) is 4.79 Å². The highest BCUT2D eigenvalue weighted by Gasteiger charge is 2.17. The van der Waals surface area contributed by atoms with E-state index in [1.807, 2.05) is 37.4 Å². The number of hydrogen-bond donors (Lipinski definition) is 0. The van der Waals surface area contributed by atoms with Crippen molar-refractivity contribution in [2.75, 3.05) is 6.26 Å². The molecule has 0 N–H and O–H groups in total. The van der Waals surface area contributed by atoms with Gasteiger partial charge in [0.2, 0.25) is 0 Å². The van der Waals surface area contributed by atoms with Crippen molar-refractivity contribution in [1.29, 1.82) is 0 Å². The highest BCUT2D eigenvalue weighted by atomic mass is 32.2. The van der Waals surface area contributed by atoms with Crippen molar-refractivity contribution in [3.05, 3.63) is 42.0 Å². The van der Waals surface area contributed by atoms with Gasteiger partial charge < -0.3 is 4.74 Å². The first kappa shape index (κ1) is 13.8. The molecule has 0 amide bonds. The standard InChI is InChI=1S/C14H18O2S/c1-5-12(16-14(15)10(2)3)11-8-6-7-9-13(11)17-4/h6-9,12H,2,5H2,1,3-4H3. The number of hydrogen-bond acceptors (Lipinski definition) is 3. The molecule has 1 aromatic rings. The first-order valence-corrected chi connectivity index (χ1v) is 6.82. The van der Waals surface area contributed by atoms with Gasteiger partial charge in [-0.1, -0.05) is 31.7 Å². The van der Waals surface area contributed by atoms with Crippen LogP contribution in [-0.4, -0.2) is 12.2 Å². The minimum absolute atomic E-state index is 0.192. The lowest BCUT2D eigenvalue weighted by Gasteiger charge is -2.19. The molecule has 0 heterocycles. The number of esters is 1. The van der Waals surface area contributed by atoms with Crippen molar-refractivity contribution in [3.63, 3.8) is 0 Å². The summed E-state index contributed by atoms with van der Waals surface area (Å²) in [5, 5.41) is 0. The first-order chi connectivity index (χ1) is 8.10. The van der Waals surface area contributed by atoms with Crippen LogP contribution in [0.4, 0.5) is 0 Å². The Hall–Kier alpha value is -1.22. The van der Waals surface area contributed by atoms with Gasteiger partial charge in [-0.25, -0.2) is 4.79 Å². The minimum Gasteiger partial charge on any atom is -0.454 e. The minimum atomic E-state index is -0.326. The highest BCUT2D eigenvalue weighted by molar-refractivity contribution is 7.98. The first-order valence-electron chi connectivity index (χ1n) is 5.59. The molecule has 0 bridgehead atoms. The van der Waals surface area contributed by atoms with E-state index in [1.54, 1.807) is 18.7 Å². The summed E-state index contributed by atoms with van der Waals surface area (Å²) in [6, 6.07) is 8.00. The van der Waals surface area contributed by atoms with Crippen LogP contribution in [0.5, 0.6) is 0 Å². The van der Waals surface area contributed by atoms with Gasteiger partial charge in [0.15, 0.2) is 0 Å². The van der Waals surface area contributed by atoms with Crippen LogP contribution < -0.4 is 0 Å². The second-order valence-corrected chi connectivity index (χ2v) is 4.67.